The largest absolute Gasteiger partial charge is 0.463 e. The van der Waals surface area contributed by atoms with Crippen LogP contribution >= 0.6 is 11.6 Å². The first kappa shape index (κ1) is 24.2. The molecule has 0 fully saturated rings. The maximum Gasteiger partial charge on any atom is 0.455 e. The van der Waals surface area contributed by atoms with Crippen molar-refractivity contribution in [2.24, 2.45) is 0 Å². The molecule has 8 nitrogen and oxygen atoms in total. The molecule has 0 spiro atoms. The lowest BCUT2D eigenvalue weighted by Gasteiger charge is -2.18. The fraction of sp³-hybridized carbons (Fsp3) is 0.278. The normalized spacial score (nSPS) is 13.0. The first-order chi connectivity index (χ1) is 15.3. The summed E-state index contributed by atoms with van der Waals surface area (Å²) in [4.78, 5) is 23.3. The molecule has 1 amide bonds. The lowest BCUT2D eigenvalue weighted by atomic mass is 10.1. The highest BCUT2D eigenvalue weighted by Crippen LogP contribution is 2.31. The topological polar surface area (TPSA) is 103 Å². The minimum absolute atomic E-state index is 0.187. The first-order valence-corrected chi connectivity index (χ1v) is 9.26. The van der Waals surface area contributed by atoms with Crippen molar-refractivity contribution in [2.75, 3.05) is 0 Å². The molecule has 0 bridgehead atoms. The van der Waals surface area contributed by atoms with Crippen LogP contribution in [0.3, 0.4) is 0 Å². The molecule has 1 N–H and O–H groups in total. The van der Waals surface area contributed by atoms with Gasteiger partial charge in [0.1, 0.15) is 11.4 Å². The van der Waals surface area contributed by atoms with E-state index < -0.39 is 48.5 Å². The van der Waals surface area contributed by atoms with Gasteiger partial charge in [-0.25, -0.2) is 9.97 Å². The molecule has 1 atom stereocenters. The highest BCUT2D eigenvalue weighted by Gasteiger charge is 2.39. The van der Waals surface area contributed by atoms with Crippen LogP contribution in [0.1, 0.15) is 29.1 Å². The maximum atomic E-state index is 12.9. The van der Waals surface area contributed by atoms with Gasteiger partial charge < -0.3 is 14.6 Å². The Morgan fingerprint density at radius 3 is 2.39 bits per heavy atom. The van der Waals surface area contributed by atoms with Crippen molar-refractivity contribution in [3.05, 3.63) is 52.9 Å². The number of carbonyl (C=O) groups excluding carboxylic acids is 1. The van der Waals surface area contributed by atoms with E-state index >= 15 is 0 Å². The van der Waals surface area contributed by atoms with Crippen LogP contribution in [0.25, 0.3) is 11.3 Å². The van der Waals surface area contributed by atoms with E-state index in [0.717, 1.165) is 13.1 Å². The summed E-state index contributed by atoms with van der Waals surface area (Å²) in [5.74, 6) is -3.46. The molecule has 0 aliphatic heterocycles. The number of hydrogen-bond donors (Lipinski definition) is 1. The van der Waals surface area contributed by atoms with Crippen molar-refractivity contribution in [3.63, 3.8) is 0 Å². The third-order valence-electron chi connectivity index (χ3n) is 3.96. The number of amides is 1. The van der Waals surface area contributed by atoms with Crippen LogP contribution in [-0.4, -0.2) is 38.3 Å². The van der Waals surface area contributed by atoms with Gasteiger partial charge >= 0.3 is 12.4 Å². The fourth-order valence-corrected chi connectivity index (χ4v) is 2.42. The van der Waals surface area contributed by atoms with Gasteiger partial charge in [-0.3, -0.25) is 4.79 Å². The summed E-state index contributed by atoms with van der Waals surface area (Å²) in [6.07, 6.45) is -10.9. The summed E-state index contributed by atoms with van der Waals surface area (Å²) in [5.41, 5.74) is -0.298. The van der Waals surface area contributed by atoms with E-state index in [2.05, 4.69) is 29.9 Å². The number of ether oxygens (including phenoxy) is 1. The monoisotopic (exact) mass is 495 g/mol. The number of rotatable bonds is 6. The number of aromatic nitrogens is 4. The Kier molecular flexibility index (Phi) is 6.76. The molecule has 1 aromatic carbocycles. The molecule has 0 saturated carbocycles. The van der Waals surface area contributed by atoms with E-state index in [1.54, 1.807) is 0 Å². The smallest absolute Gasteiger partial charge is 0.455 e. The van der Waals surface area contributed by atoms with Gasteiger partial charge in [-0.15, -0.1) is 0 Å². The van der Waals surface area contributed by atoms with Gasteiger partial charge in [-0.1, -0.05) is 28.9 Å². The molecule has 0 saturated heterocycles. The van der Waals surface area contributed by atoms with E-state index in [1.165, 1.54) is 24.3 Å². The molecule has 2 aromatic heterocycles. The van der Waals surface area contributed by atoms with Crippen LogP contribution in [0.15, 0.2) is 35.0 Å². The predicted octanol–water partition coefficient (Wildman–Crippen LogP) is 4.46. The van der Waals surface area contributed by atoms with Crippen molar-refractivity contribution < 1.29 is 40.4 Å². The third kappa shape index (κ3) is 6.09. The molecule has 176 valence electrons. The zero-order chi connectivity index (χ0) is 24.4. The van der Waals surface area contributed by atoms with E-state index in [0.29, 0.717) is 5.02 Å². The number of nitrogens with zero attached hydrogens (tertiary/aromatic N) is 4. The zero-order valence-electron chi connectivity index (χ0n) is 16.3. The van der Waals surface area contributed by atoms with E-state index in [9.17, 15) is 31.1 Å². The van der Waals surface area contributed by atoms with Crippen molar-refractivity contribution in [2.45, 2.75) is 31.9 Å². The second-order valence-electron chi connectivity index (χ2n) is 6.41. The van der Waals surface area contributed by atoms with Crippen molar-refractivity contribution in [1.29, 1.82) is 0 Å². The van der Waals surface area contributed by atoms with Gasteiger partial charge in [-0.2, -0.15) is 31.3 Å². The summed E-state index contributed by atoms with van der Waals surface area (Å²) in [6, 6.07) is 5.73. The Bertz CT molecular complexity index is 1130. The highest BCUT2D eigenvalue weighted by atomic mass is 35.5. The Morgan fingerprint density at radius 2 is 1.82 bits per heavy atom. The molecule has 15 heteroatoms. The van der Waals surface area contributed by atoms with Gasteiger partial charge in [0.25, 0.3) is 11.7 Å². The van der Waals surface area contributed by atoms with E-state index in [1.807, 2.05) is 0 Å². The molecule has 0 aliphatic rings. The number of hydrogen-bond acceptors (Lipinski definition) is 7. The Labute approximate surface area is 185 Å². The SMILES string of the molecule is CC(Oc1ncc(C(=O)NCc2nc(C(F)(F)F)no2)nc1-c1ccc(Cl)cc1)C(F)(F)F. The number of carbonyl (C=O) groups is 1. The minimum atomic E-state index is -4.83. The van der Waals surface area contributed by atoms with Crippen LogP contribution in [0, 0.1) is 0 Å². The van der Waals surface area contributed by atoms with Crippen LogP contribution < -0.4 is 10.1 Å². The molecular weight excluding hydrogens is 484 g/mol. The lowest BCUT2D eigenvalue weighted by Crippen LogP contribution is -2.32. The summed E-state index contributed by atoms with van der Waals surface area (Å²) >= 11 is 5.82. The molecule has 3 rings (SSSR count). The molecule has 0 radical (unpaired) electrons. The Balaban J connectivity index is 1.84. The molecule has 0 aliphatic carbocycles. The standard InChI is InChI=1S/C18H12ClF6N5O3/c1-8(17(20,21)22)32-15-13(9-2-4-10(19)5-3-9)28-11(6-27-15)14(31)26-7-12-29-16(30-33-12)18(23,24)25/h2-6,8H,7H2,1H3,(H,26,31). The van der Waals surface area contributed by atoms with Crippen LogP contribution in [0.4, 0.5) is 26.3 Å². The first-order valence-electron chi connectivity index (χ1n) is 8.89. The third-order valence-corrected chi connectivity index (χ3v) is 4.21. The van der Waals surface area contributed by atoms with Gasteiger partial charge in [0, 0.05) is 10.6 Å². The Morgan fingerprint density at radius 1 is 1.15 bits per heavy atom. The van der Waals surface area contributed by atoms with Crippen molar-refractivity contribution >= 4 is 17.5 Å². The second-order valence-corrected chi connectivity index (χ2v) is 6.85. The maximum absolute atomic E-state index is 12.9. The van der Waals surface area contributed by atoms with Gasteiger partial charge in [0.2, 0.25) is 11.8 Å². The average Bonchev–Trinajstić information content (AvgIpc) is 3.22. The average molecular weight is 496 g/mol. The number of alkyl halides is 6. The lowest BCUT2D eigenvalue weighted by molar-refractivity contribution is -0.189. The number of benzene rings is 1. The van der Waals surface area contributed by atoms with E-state index in [-0.39, 0.29) is 17.0 Å². The minimum Gasteiger partial charge on any atom is -0.463 e. The molecule has 1 unspecified atom stereocenters. The van der Waals surface area contributed by atoms with E-state index in [4.69, 9.17) is 16.3 Å². The zero-order valence-corrected chi connectivity index (χ0v) is 17.1. The fourth-order valence-electron chi connectivity index (χ4n) is 2.29. The summed E-state index contributed by atoms with van der Waals surface area (Å²) in [5, 5.41) is 5.29. The summed E-state index contributed by atoms with van der Waals surface area (Å²) in [6.45, 7) is 0.205. The van der Waals surface area contributed by atoms with Gasteiger partial charge in [0.05, 0.1) is 12.7 Å². The van der Waals surface area contributed by atoms with Gasteiger partial charge in [-0.05, 0) is 19.1 Å². The Hall–Kier alpha value is -3.42. The number of nitrogens with one attached hydrogen (secondary N) is 1. The quantitative estimate of drug-likeness (QED) is 0.504. The molecular formula is C18H12ClF6N5O3. The van der Waals surface area contributed by atoms with Crippen LogP contribution in [-0.2, 0) is 12.7 Å². The molecule has 33 heavy (non-hydrogen) atoms. The molecule has 3 aromatic rings. The molecule has 2 heterocycles. The predicted molar refractivity (Wildman–Crippen MR) is 99.1 cm³/mol. The van der Waals surface area contributed by atoms with Crippen LogP contribution in [0.5, 0.6) is 5.88 Å². The van der Waals surface area contributed by atoms with Crippen molar-refractivity contribution in [3.8, 4) is 17.1 Å². The number of halogens is 7. The highest BCUT2D eigenvalue weighted by molar-refractivity contribution is 6.30. The summed E-state index contributed by atoms with van der Waals surface area (Å²) < 4.78 is 85.6. The van der Waals surface area contributed by atoms with Crippen LogP contribution in [0.2, 0.25) is 5.02 Å². The van der Waals surface area contributed by atoms with Gasteiger partial charge in [0.15, 0.2) is 6.10 Å². The summed E-state index contributed by atoms with van der Waals surface area (Å²) in [7, 11) is 0. The van der Waals surface area contributed by atoms with Crippen molar-refractivity contribution in [1.82, 2.24) is 25.4 Å². The second kappa shape index (κ2) is 9.21.